The summed E-state index contributed by atoms with van der Waals surface area (Å²) in [7, 11) is 2.03. The molecule has 1 fully saturated rings. The molecule has 1 unspecified atom stereocenters. The van der Waals surface area contributed by atoms with Crippen LogP contribution in [0.25, 0.3) is 10.8 Å². The lowest BCUT2D eigenvalue weighted by Gasteiger charge is -2.29. The van der Waals surface area contributed by atoms with E-state index in [1.165, 1.54) is 19.1 Å². The minimum absolute atomic E-state index is 0.0503. The van der Waals surface area contributed by atoms with Gasteiger partial charge in [-0.3, -0.25) is 38.4 Å². The van der Waals surface area contributed by atoms with Crippen LogP contribution in [0.3, 0.4) is 0 Å². The van der Waals surface area contributed by atoms with Crippen LogP contribution in [-0.4, -0.2) is 130 Å². The van der Waals surface area contributed by atoms with Gasteiger partial charge >= 0.3 is 0 Å². The molecule has 0 bridgehead atoms. The number of hydrogen-bond acceptors (Lipinski definition) is 14. The number of amides is 8. The van der Waals surface area contributed by atoms with Crippen molar-refractivity contribution in [2.45, 2.75) is 114 Å². The number of nitrogens with two attached hydrogens (primary N) is 3. The van der Waals surface area contributed by atoms with Gasteiger partial charge in [-0.1, -0.05) is 124 Å². The first-order chi connectivity index (χ1) is 35.7. The first-order valence-corrected chi connectivity index (χ1v) is 27.8. The van der Waals surface area contributed by atoms with Crippen molar-refractivity contribution in [1.29, 1.82) is 0 Å². The highest BCUT2D eigenvalue weighted by Gasteiger charge is 2.36. The van der Waals surface area contributed by atoms with Crippen molar-refractivity contribution in [2.24, 2.45) is 23.1 Å². The lowest BCUT2D eigenvalue weighted by molar-refractivity contribution is -0.136. The van der Waals surface area contributed by atoms with E-state index in [9.17, 15) is 48.6 Å². The fourth-order valence-electron chi connectivity index (χ4n) is 8.07. The molecule has 1 aliphatic rings. The molecular formula is C52H67BrN10O10S2. The van der Waals surface area contributed by atoms with E-state index in [0.29, 0.717) is 28.4 Å². The summed E-state index contributed by atoms with van der Waals surface area (Å²) >= 11 is 3.53. The van der Waals surface area contributed by atoms with Crippen LogP contribution in [0.1, 0.15) is 56.7 Å². The quantitative estimate of drug-likeness (QED) is 0.0521. The largest absolute Gasteiger partial charge is 0.508 e. The molecule has 75 heavy (non-hydrogen) atoms. The van der Waals surface area contributed by atoms with Gasteiger partial charge in [-0.05, 0) is 90.7 Å². The highest BCUT2D eigenvalue weighted by Crippen LogP contribution is 2.25. The van der Waals surface area contributed by atoms with Gasteiger partial charge in [-0.2, -0.15) is 0 Å². The van der Waals surface area contributed by atoms with Gasteiger partial charge in [0.15, 0.2) is 0 Å². The van der Waals surface area contributed by atoms with Gasteiger partial charge in [0.1, 0.15) is 48.0 Å². The number of aliphatic hydroxyl groups is 1. The number of primary amides is 1. The molecule has 0 aliphatic carbocycles. The Bertz CT molecular complexity index is 2650. The lowest BCUT2D eigenvalue weighted by atomic mass is 10.00. The van der Waals surface area contributed by atoms with Crippen LogP contribution >= 0.6 is 37.5 Å². The van der Waals surface area contributed by atoms with Crippen LogP contribution in [0.4, 0.5) is 0 Å². The Labute approximate surface area is 451 Å². The zero-order valence-corrected chi connectivity index (χ0v) is 45.1. The van der Waals surface area contributed by atoms with Crippen molar-refractivity contribution >= 4 is 95.5 Å². The SMILES string of the molecule is CC(C)[C@@H]1NC(=O)[C@H](CCCCN)NC(=O)[C@@H](Cc2ccccc2Br)NC(=O)[C@H](Cc2ccc(O)cc2)NC(=O)[C@@H](NC(=O)[C@H](N)Cc2ccc3ccccc3c2)CSSC[C@@H](C(=O)N[C@H](C(N)=O)C(C)O)NC1=O. The average molecular weight is 1140 g/mol. The van der Waals surface area contributed by atoms with E-state index < -0.39 is 108 Å². The Morgan fingerprint density at radius 1 is 0.720 bits per heavy atom. The number of carbonyl (C=O) groups excluding carboxylic acids is 8. The summed E-state index contributed by atoms with van der Waals surface area (Å²) in [4.78, 5) is 113. The normalized spacial score (nSPS) is 21.8. The number of carbonyl (C=O) groups is 8. The zero-order chi connectivity index (χ0) is 54.8. The van der Waals surface area contributed by atoms with Crippen molar-refractivity contribution in [2.75, 3.05) is 18.1 Å². The standard InChI is InChI=1S/C52H67BrN10O10S2/c1-28(2)43-52(73)61-42(51(72)63-44(29(3)64)45(56)66)27-75-74-26-41(60-46(67)37(55)23-31-15-18-32-10-4-5-11-33(32)22-31)50(71)58-39(24-30-16-19-35(65)20-17-30)48(69)59-40(25-34-12-6-7-13-36(34)53)49(70)57-38(47(68)62-43)14-8-9-21-54/h4-7,10-13,15-20,22,28-29,37-44,64-65H,8-9,14,21,23-27,54-55H2,1-3H3,(H2,56,66)(H,57,70)(H,58,71)(H,59,69)(H,60,67)(H,61,73)(H,62,68)(H,63,72)/t29?,37-,38+,39+,40-,41+,42+,43+,44+/m1/s1. The molecule has 5 rings (SSSR count). The minimum atomic E-state index is -1.55. The summed E-state index contributed by atoms with van der Waals surface area (Å²) in [5.41, 5.74) is 19.7. The number of fused-ring (bicyclic) bond motifs is 1. The van der Waals surface area contributed by atoms with Gasteiger partial charge in [0.05, 0.1) is 12.1 Å². The van der Waals surface area contributed by atoms with Crippen LogP contribution in [0, 0.1) is 5.92 Å². The number of nitrogens with one attached hydrogen (secondary N) is 7. The Balaban J connectivity index is 1.57. The maximum absolute atomic E-state index is 14.7. The van der Waals surface area contributed by atoms with E-state index in [-0.39, 0.29) is 49.5 Å². The third kappa shape index (κ3) is 18.2. The topological polar surface area (TPSA) is 339 Å². The number of unbranched alkanes of at least 4 members (excludes halogenated alkanes) is 1. The molecule has 404 valence electrons. The molecule has 0 saturated carbocycles. The van der Waals surface area contributed by atoms with E-state index in [2.05, 4.69) is 53.1 Å². The van der Waals surface area contributed by atoms with Gasteiger partial charge in [-0.15, -0.1) is 0 Å². The molecule has 0 spiro atoms. The molecule has 20 nitrogen and oxygen atoms in total. The van der Waals surface area contributed by atoms with Crippen LogP contribution in [-0.2, 0) is 57.6 Å². The van der Waals surface area contributed by atoms with Gasteiger partial charge in [-0.25, -0.2) is 0 Å². The Morgan fingerprint density at radius 3 is 1.97 bits per heavy atom. The lowest BCUT2D eigenvalue weighted by Crippen LogP contribution is -2.62. The molecule has 23 heteroatoms. The van der Waals surface area contributed by atoms with Crippen molar-refractivity contribution < 1.29 is 48.6 Å². The molecule has 15 N–H and O–H groups in total. The van der Waals surface area contributed by atoms with E-state index in [1.807, 2.05) is 42.5 Å². The number of phenolic OH excluding ortho intramolecular Hbond substituents is 1. The second kappa shape index (κ2) is 29.2. The number of rotatable bonds is 17. The minimum Gasteiger partial charge on any atom is -0.508 e. The number of aliphatic hydroxyl groups excluding tert-OH is 1. The molecule has 4 aromatic carbocycles. The Hall–Kier alpha value is -6.24. The predicted molar refractivity (Wildman–Crippen MR) is 292 cm³/mol. The number of hydrogen-bond donors (Lipinski definition) is 12. The molecular weight excluding hydrogens is 1070 g/mol. The molecule has 0 aromatic heterocycles. The summed E-state index contributed by atoms with van der Waals surface area (Å²) < 4.78 is 0.617. The van der Waals surface area contributed by atoms with E-state index in [4.69, 9.17) is 17.2 Å². The van der Waals surface area contributed by atoms with Gasteiger partial charge in [0.25, 0.3) is 0 Å². The number of halogens is 1. The average Bonchev–Trinajstić information content (AvgIpc) is 3.37. The number of benzene rings is 4. The van der Waals surface area contributed by atoms with E-state index in [1.54, 1.807) is 50.2 Å². The summed E-state index contributed by atoms with van der Waals surface area (Å²) in [6.07, 6.45) is -0.640. The highest BCUT2D eigenvalue weighted by molar-refractivity contribution is 9.10. The number of phenols is 1. The summed E-state index contributed by atoms with van der Waals surface area (Å²) in [5, 5.41) is 41.2. The van der Waals surface area contributed by atoms with Crippen LogP contribution in [0.15, 0.2) is 95.5 Å². The van der Waals surface area contributed by atoms with Crippen LogP contribution < -0.4 is 54.4 Å². The molecule has 0 radical (unpaired) electrons. The van der Waals surface area contributed by atoms with E-state index >= 15 is 0 Å². The second-order valence-corrected chi connectivity index (χ2v) is 22.1. The van der Waals surface area contributed by atoms with Gasteiger partial charge in [0.2, 0.25) is 47.3 Å². The Kier molecular flexibility index (Phi) is 23.2. The van der Waals surface area contributed by atoms with Crippen molar-refractivity contribution in [1.82, 2.24) is 37.2 Å². The predicted octanol–water partition coefficient (Wildman–Crippen LogP) is 1.10. The zero-order valence-electron chi connectivity index (χ0n) is 41.9. The molecule has 1 saturated heterocycles. The van der Waals surface area contributed by atoms with Crippen LogP contribution in [0.2, 0.25) is 0 Å². The summed E-state index contributed by atoms with van der Waals surface area (Å²) in [6.45, 7) is 4.84. The van der Waals surface area contributed by atoms with Gasteiger partial charge in [0, 0.05) is 28.8 Å². The second-order valence-electron chi connectivity index (χ2n) is 18.7. The summed E-state index contributed by atoms with van der Waals surface area (Å²) in [6, 6.07) is 15.5. The van der Waals surface area contributed by atoms with Gasteiger partial charge < -0.3 is 64.6 Å². The fourth-order valence-corrected chi connectivity index (χ4v) is 10.8. The van der Waals surface area contributed by atoms with Crippen molar-refractivity contribution in [3.8, 4) is 5.75 Å². The molecule has 8 amide bonds. The molecule has 1 heterocycles. The monoisotopic (exact) mass is 1130 g/mol. The molecule has 1 aliphatic heterocycles. The molecule has 9 atom stereocenters. The van der Waals surface area contributed by atoms with E-state index in [0.717, 1.165) is 37.9 Å². The maximum Gasteiger partial charge on any atom is 0.244 e. The Morgan fingerprint density at radius 2 is 1.32 bits per heavy atom. The first kappa shape index (κ1) is 59.6. The summed E-state index contributed by atoms with van der Waals surface area (Å²) in [5.74, 6) is -7.67. The highest BCUT2D eigenvalue weighted by atomic mass is 79.9. The third-order valence-electron chi connectivity index (χ3n) is 12.4. The van der Waals surface area contributed by atoms with Crippen LogP contribution in [0.5, 0.6) is 5.75 Å². The third-order valence-corrected chi connectivity index (χ3v) is 15.6. The molecule has 4 aromatic rings. The number of aromatic hydroxyl groups is 1. The smallest absolute Gasteiger partial charge is 0.244 e. The fraction of sp³-hybridized carbons (Fsp3) is 0.423. The van der Waals surface area contributed by atoms with Crippen molar-refractivity contribution in [3.63, 3.8) is 0 Å². The van der Waals surface area contributed by atoms with Crippen molar-refractivity contribution in [3.05, 3.63) is 112 Å². The maximum atomic E-state index is 14.7. The first-order valence-electron chi connectivity index (χ1n) is 24.5.